The first-order valence-electron chi connectivity index (χ1n) is 7.22. The molecule has 20 heavy (non-hydrogen) atoms. The van der Waals surface area contributed by atoms with E-state index in [4.69, 9.17) is 4.74 Å². The molecule has 0 amide bonds. The summed E-state index contributed by atoms with van der Waals surface area (Å²) in [6.45, 7) is 2.63. The van der Waals surface area contributed by atoms with E-state index in [1.165, 1.54) is 5.56 Å². The quantitative estimate of drug-likeness (QED) is 0.892. The Bertz CT molecular complexity index is 556. The van der Waals surface area contributed by atoms with Crippen molar-refractivity contribution >= 4 is 0 Å². The van der Waals surface area contributed by atoms with Gasteiger partial charge in [0.2, 0.25) is 0 Å². The molecule has 2 aromatic rings. The molecule has 1 aliphatic rings. The molecule has 1 unspecified atom stereocenters. The van der Waals surface area contributed by atoms with E-state index in [2.05, 4.69) is 12.1 Å². The van der Waals surface area contributed by atoms with Crippen molar-refractivity contribution in [2.24, 2.45) is 0 Å². The van der Waals surface area contributed by atoms with Crippen LogP contribution in [0.4, 0.5) is 0 Å². The lowest BCUT2D eigenvalue weighted by molar-refractivity contribution is 0.133. The van der Waals surface area contributed by atoms with Crippen molar-refractivity contribution in [3.63, 3.8) is 0 Å². The van der Waals surface area contributed by atoms with Crippen LogP contribution in [0.2, 0.25) is 0 Å². The number of hydrogen-bond acceptors (Lipinski definition) is 2. The summed E-state index contributed by atoms with van der Waals surface area (Å²) in [7, 11) is 0. The highest BCUT2D eigenvalue weighted by molar-refractivity contribution is 5.38. The van der Waals surface area contributed by atoms with Crippen molar-refractivity contribution in [1.82, 2.24) is 0 Å². The molecule has 1 atom stereocenters. The number of hydrogen-bond donors (Lipinski definition) is 1. The molecule has 2 aromatic carbocycles. The maximum absolute atomic E-state index is 10.7. The second kappa shape index (κ2) is 5.29. The highest BCUT2D eigenvalue weighted by Gasteiger charge is 2.50. The Hall–Kier alpha value is -1.80. The SMILES string of the molecule is CCOc1ccc(C(O)C2(c3ccccc3)CC2)cc1. The van der Waals surface area contributed by atoms with Crippen LogP contribution in [0.5, 0.6) is 5.75 Å². The highest BCUT2D eigenvalue weighted by atomic mass is 16.5. The minimum absolute atomic E-state index is 0.0889. The van der Waals surface area contributed by atoms with Gasteiger partial charge in [-0.2, -0.15) is 0 Å². The Morgan fingerprint density at radius 2 is 1.70 bits per heavy atom. The van der Waals surface area contributed by atoms with Gasteiger partial charge in [-0.3, -0.25) is 0 Å². The number of ether oxygens (including phenoxy) is 1. The van der Waals surface area contributed by atoms with Gasteiger partial charge in [0.15, 0.2) is 0 Å². The van der Waals surface area contributed by atoms with Crippen molar-refractivity contribution in [3.8, 4) is 5.75 Å². The maximum atomic E-state index is 10.7. The molecule has 1 aliphatic carbocycles. The Kier molecular flexibility index (Phi) is 3.49. The molecule has 0 spiro atoms. The lowest BCUT2D eigenvalue weighted by Gasteiger charge is -2.23. The molecule has 0 radical (unpaired) electrons. The van der Waals surface area contributed by atoms with E-state index in [0.717, 1.165) is 24.2 Å². The molecule has 0 aliphatic heterocycles. The van der Waals surface area contributed by atoms with E-state index in [1.54, 1.807) is 0 Å². The molecular formula is C18H20O2. The summed E-state index contributed by atoms with van der Waals surface area (Å²) in [5.41, 5.74) is 2.12. The van der Waals surface area contributed by atoms with Crippen molar-refractivity contribution in [1.29, 1.82) is 0 Å². The minimum atomic E-state index is -0.444. The lowest BCUT2D eigenvalue weighted by Crippen LogP contribution is -2.18. The van der Waals surface area contributed by atoms with E-state index in [1.807, 2.05) is 49.4 Å². The molecule has 0 aromatic heterocycles. The van der Waals surface area contributed by atoms with Crippen LogP contribution >= 0.6 is 0 Å². The highest BCUT2D eigenvalue weighted by Crippen LogP contribution is 2.56. The largest absolute Gasteiger partial charge is 0.494 e. The van der Waals surface area contributed by atoms with E-state index >= 15 is 0 Å². The molecule has 1 saturated carbocycles. The molecule has 0 bridgehead atoms. The molecule has 104 valence electrons. The topological polar surface area (TPSA) is 29.5 Å². The van der Waals surface area contributed by atoms with Crippen LogP contribution < -0.4 is 4.74 Å². The maximum Gasteiger partial charge on any atom is 0.119 e. The molecule has 3 rings (SSSR count). The first-order chi connectivity index (χ1) is 9.76. The number of rotatable bonds is 5. The van der Waals surface area contributed by atoms with Crippen LogP contribution in [-0.4, -0.2) is 11.7 Å². The van der Waals surface area contributed by atoms with E-state index in [9.17, 15) is 5.11 Å². The molecule has 2 heteroatoms. The van der Waals surface area contributed by atoms with Gasteiger partial charge in [-0.25, -0.2) is 0 Å². The molecule has 1 N–H and O–H groups in total. The number of aliphatic hydroxyl groups excluding tert-OH is 1. The zero-order valence-electron chi connectivity index (χ0n) is 11.8. The predicted molar refractivity (Wildman–Crippen MR) is 79.9 cm³/mol. The van der Waals surface area contributed by atoms with Crippen molar-refractivity contribution < 1.29 is 9.84 Å². The molecule has 1 fully saturated rings. The number of benzene rings is 2. The van der Waals surface area contributed by atoms with Crippen LogP contribution in [0, 0.1) is 0 Å². The minimum Gasteiger partial charge on any atom is -0.494 e. The third-order valence-corrected chi connectivity index (χ3v) is 4.17. The lowest BCUT2D eigenvalue weighted by atomic mass is 9.86. The average Bonchev–Trinajstić information content (AvgIpc) is 3.30. The van der Waals surface area contributed by atoms with Crippen LogP contribution in [0.3, 0.4) is 0 Å². The summed E-state index contributed by atoms with van der Waals surface area (Å²) in [5.74, 6) is 0.855. The van der Waals surface area contributed by atoms with E-state index in [-0.39, 0.29) is 5.41 Å². The summed E-state index contributed by atoms with van der Waals surface area (Å²) >= 11 is 0. The summed E-state index contributed by atoms with van der Waals surface area (Å²) in [6.07, 6.45) is 1.65. The second-order valence-corrected chi connectivity index (χ2v) is 5.43. The normalized spacial score (nSPS) is 17.5. The Morgan fingerprint density at radius 3 is 2.25 bits per heavy atom. The van der Waals surface area contributed by atoms with Crippen molar-refractivity contribution in [3.05, 3.63) is 65.7 Å². The van der Waals surface area contributed by atoms with Crippen LogP contribution in [-0.2, 0) is 5.41 Å². The molecule has 2 nitrogen and oxygen atoms in total. The summed E-state index contributed by atoms with van der Waals surface area (Å²) < 4.78 is 5.44. The zero-order chi connectivity index (χ0) is 14.0. The van der Waals surface area contributed by atoms with Gasteiger partial charge in [0.05, 0.1) is 12.7 Å². The van der Waals surface area contributed by atoms with Crippen LogP contribution in [0.1, 0.15) is 37.0 Å². The van der Waals surface area contributed by atoms with Gasteiger partial charge in [-0.15, -0.1) is 0 Å². The molecule has 0 saturated heterocycles. The monoisotopic (exact) mass is 268 g/mol. The fourth-order valence-electron chi connectivity index (χ4n) is 2.86. The average molecular weight is 268 g/mol. The Morgan fingerprint density at radius 1 is 1.05 bits per heavy atom. The van der Waals surface area contributed by atoms with Crippen molar-refractivity contribution in [2.75, 3.05) is 6.61 Å². The zero-order valence-corrected chi connectivity index (χ0v) is 11.8. The first-order valence-corrected chi connectivity index (χ1v) is 7.22. The van der Waals surface area contributed by atoms with Gasteiger partial charge >= 0.3 is 0 Å². The fraction of sp³-hybridized carbons (Fsp3) is 0.333. The Labute approximate surface area is 120 Å². The third kappa shape index (κ3) is 2.32. The summed E-state index contributed by atoms with van der Waals surface area (Å²) in [5, 5.41) is 10.7. The molecular weight excluding hydrogens is 248 g/mol. The third-order valence-electron chi connectivity index (χ3n) is 4.17. The van der Waals surface area contributed by atoms with E-state index in [0.29, 0.717) is 6.61 Å². The Balaban J connectivity index is 1.83. The van der Waals surface area contributed by atoms with Gasteiger partial charge in [0.25, 0.3) is 0 Å². The van der Waals surface area contributed by atoms with Gasteiger partial charge in [-0.05, 0) is 43.0 Å². The van der Waals surface area contributed by atoms with Crippen molar-refractivity contribution in [2.45, 2.75) is 31.3 Å². The smallest absolute Gasteiger partial charge is 0.119 e. The van der Waals surface area contributed by atoms with Crippen LogP contribution in [0.25, 0.3) is 0 Å². The molecule has 0 heterocycles. The van der Waals surface area contributed by atoms with Gasteiger partial charge in [0.1, 0.15) is 5.75 Å². The van der Waals surface area contributed by atoms with Gasteiger partial charge in [-0.1, -0.05) is 42.5 Å². The van der Waals surface area contributed by atoms with Crippen LogP contribution in [0.15, 0.2) is 54.6 Å². The summed E-state index contributed by atoms with van der Waals surface area (Å²) in [6, 6.07) is 18.1. The van der Waals surface area contributed by atoms with E-state index < -0.39 is 6.10 Å². The number of aliphatic hydroxyl groups is 1. The fourth-order valence-corrected chi connectivity index (χ4v) is 2.86. The van der Waals surface area contributed by atoms with Gasteiger partial charge in [0, 0.05) is 5.41 Å². The van der Waals surface area contributed by atoms with Gasteiger partial charge < -0.3 is 9.84 Å². The second-order valence-electron chi connectivity index (χ2n) is 5.43. The summed E-state index contributed by atoms with van der Waals surface area (Å²) in [4.78, 5) is 0. The standard InChI is InChI=1S/C18H20O2/c1-2-20-16-10-8-14(9-11-16)17(19)18(12-13-18)15-6-4-3-5-7-15/h3-11,17,19H,2,12-13H2,1H3. The first kappa shape index (κ1) is 13.2. The predicted octanol–water partition coefficient (Wildman–Crippen LogP) is 3.85.